The molecule has 0 atom stereocenters. The molecule has 0 amide bonds. The maximum Gasteiger partial charge on any atom is 0.218 e. The van der Waals surface area contributed by atoms with Gasteiger partial charge in [0.05, 0.1) is 6.61 Å². The van der Waals surface area contributed by atoms with Crippen LogP contribution < -0.4 is 10.5 Å². The fourth-order valence-corrected chi connectivity index (χ4v) is 1.07. The summed E-state index contributed by atoms with van der Waals surface area (Å²) in [5, 5.41) is 0. The van der Waals surface area contributed by atoms with Gasteiger partial charge < -0.3 is 15.2 Å². The van der Waals surface area contributed by atoms with Gasteiger partial charge in [-0.05, 0) is 13.3 Å². The van der Waals surface area contributed by atoms with Gasteiger partial charge in [-0.25, -0.2) is 4.98 Å². The van der Waals surface area contributed by atoms with Crippen LogP contribution in [0.3, 0.4) is 0 Å². The fourth-order valence-electron chi connectivity index (χ4n) is 1.07. The van der Waals surface area contributed by atoms with Crippen molar-refractivity contribution >= 4 is 5.82 Å². The van der Waals surface area contributed by atoms with Crippen molar-refractivity contribution in [2.24, 2.45) is 0 Å². The second kappa shape index (κ2) is 6.79. The summed E-state index contributed by atoms with van der Waals surface area (Å²) in [5.74, 6) is 1.40. The maximum atomic E-state index is 5.63. The number of hydrogen-bond acceptors (Lipinski definition) is 5. The van der Waals surface area contributed by atoms with Gasteiger partial charge in [-0.3, -0.25) is 0 Å². The molecule has 0 radical (unpaired) electrons. The van der Waals surface area contributed by atoms with E-state index in [0.29, 0.717) is 37.3 Å². The van der Waals surface area contributed by atoms with Crippen LogP contribution in [0.4, 0.5) is 5.82 Å². The zero-order valence-corrected chi connectivity index (χ0v) is 9.48. The molecule has 0 bridgehead atoms. The van der Waals surface area contributed by atoms with E-state index in [1.807, 2.05) is 6.92 Å². The Bertz CT molecular complexity index is 342. The predicted octanol–water partition coefficient (Wildman–Crippen LogP) is 1.55. The Morgan fingerprint density at radius 3 is 3.00 bits per heavy atom. The zero-order chi connectivity index (χ0) is 11.8. The van der Waals surface area contributed by atoms with E-state index in [1.165, 1.54) is 0 Å². The number of nitrogens with two attached hydrogens (primary N) is 1. The number of aromatic nitrogens is 2. The number of anilines is 1. The molecular formula is C11H17N3O2. The molecule has 1 aromatic heterocycles. The molecule has 2 N–H and O–H groups in total. The van der Waals surface area contributed by atoms with E-state index in [9.17, 15) is 0 Å². The standard InChI is InChI=1S/C11H17N3O2/c1-3-5-6-16-11-7-9(12)13-10(14-11)8-15-4-2/h3,7H,1,4-6,8H2,2H3,(H2,12,13,14). The summed E-state index contributed by atoms with van der Waals surface area (Å²) in [7, 11) is 0. The van der Waals surface area contributed by atoms with E-state index in [2.05, 4.69) is 16.5 Å². The topological polar surface area (TPSA) is 70.3 Å². The van der Waals surface area contributed by atoms with Crippen LogP contribution in [-0.4, -0.2) is 23.2 Å². The van der Waals surface area contributed by atoms with Gasteiger partial charge in [0, 0.05) is 12.7 Å². The van der Waals surface area contributed by atoms with Crippen LogP contribution in [0.15, 0.2) is 18.7 Å². The summed E-state index contributed by atoms with van der Waals surface area (Å²) in [6.45, 7) is 7.02. The van der Waals surface area contributed by atoms with E-state index >= 15 is 0 Å². The molecule has 5 heteroatoms. The van der Waals surface area contributed by atoms with Crippen molar-refractivity contribution in [3.8, 4) is 5.88 Å². The molecule has 5 nitrogen and oxygen atoms in total. The Morgan fingerprint density at radius 2 is 2.31 bits per heavy atom. The second-order valence-corrected chi connectivity index (χ2v) is 3.11. The van der Waals surface area contributed by atoms with Gasteiger partial charge >= 0.3 is 0 Å². The summed E-state index contributed by atoms with van der Waals surface area (Å²) >= 11 is 0. The van der Waals surface area contributed by atoms with Gasteiger partial charge in [0.25, 0.3) is 0 Å². The molecule has 0 saturated carbocycles. The lowest BCUT2D eigenvalue weighted by atomic mass is 10.4. The van der Waals surface area contributed by atoms with Gasteiger partial charge in [-0.1, -0.05) is 6.08 Å². The van der Waals surface area contributed by atoms with Crippen LogP contribution >= 0.6 is 0 Å². The first-order valence-corrected chi connectivity index (χ1v) is 5.21. The van der Waals surface area contributed by atoms with E-state index < -0.39 is 0 Å². The van der Waals surface area contributed by atoms with Crippen molar-refractivity contribution in [3.05, 3.63) is 24.5 Å². The summed E-state index contributed by atoms with van der Waals surface area (Å²) in [4.78, 5) is 8.21. The van der Waals surface area contributed by atoms with Gasteiger partial charge in [-0.2, -0.15) is 4.98 Å². The van der Waals surface area contributed by atoms with Crippen molar-refractivity contribution < 1.29 is 9.47 Å². The summed E-state index contributed by atoms with van der Waals surface area (Å²) in [5.41, 5.74) is 5.63. The molecule has 1 heterocycles. The summed E-state index contributed by atoms with van der Waals surface area (Å²) in [6.07, 6.45) is 2.55. The molecule has 0 spiro atoms. The largest absolute Gasteiger partial charge is 0.477 e. The summed E-state index contributed by atoms with van der Waals surface area (Å²) < 4.78 is 10.6. The molecular weight excluding hydrogens is 206 g/mol. The highest BCUT2D eigenvalue weighted by atomic mass is 16.5. The zero-order valence-electron chi connectivity index (χ0n) is 9.48. The molecule has 0 unspecified atom stereocenters. The molecule has 0 aromatic carbocycles. The van der Waals surface area contributed by atoms with Crippen LogP contribution in [-0.2, 0) is 11.3 Å². The molecule has 0 saturated heterocycles. The third-order valence-corrected chi connectivity index (χ3v) is 1.78. The minimum absolute atomic E-state index is 0.347. The average Bonchev–Trinajstić information content (AvgIpc) is 2.26. The van der Waals surface area contributed by atoms with Crippen molar-refractivity contribution in [1.29, 1.82) is 0 Å². The molecule has 88 valence electrons. The SMILES string of the molecule is C=CCCOc1cc(N)nc(COCC)n1. The van der Waals surface area contributed by atoms with Crippen molar-refractivity contribution in [2.75, 3.05) is 18.9 Å². The maximum absolute atomic E-state index is 5.63. The lowest BCUT2D eigenvalue weighted by Crippen LogP contribution is -2.06. The van der Waals surface area contributed by atoms with E-state index in [4.69, 9.17) is 15.2 Å². The van der Waals surface area contributed by atoms with E-state index in [1.54, 1.807) is 12.1 Å². The van der Waals surface area contributed by atoms with Crippen LogP contribution in [0.2, 0.25) is 0 Å². The Hall–Kier alpha value is -1.62. The highest BCUT2D eigenvalue weighted by molar-refractivity contribution is 5.32. The van der Waals surface area contributed by atoms with Crippen molar-refractivity contribution in [1.82, 2.24) is 9.97 Å². The van der Waals surface area contributed by atoms with Crippen LogP contribution in [0.5, 0.6) is 5.88 Å². The van der Waals surface area contributed by atoms with Crippen LogP contribution in [0, 0.1) is 0 Å². The number of nitrogen functional groups attached to an aromatic ring is 1. The molecule has 1 rings (SSSR count). The number of rotatable bonds is 7. The number of hydrogen-bond donors (Lipinski definition) is 1. The monoisotopic (exact) mass is 223 g/mol. The first-order chi connectivity index (χ1) is 7.76. The lowest BCUT2D eigenvalue weighted by molar-refractivity contribution is 0.127. The Morgan fingerprint density at radius 1 is 1.50 bits per heavy atom. The van der Waals surface area contributed by atoms with Gasteiger partial charge in [-0.15, -0.1) is 6.58 Å². The van der Waals surface area contributed by atoms with Crippen molar-refractivity contribution in [3.63, 3.8) is 0 Å². The van der Waals surface area contributed by atoms with E-state index in [0.717, 1.165) is 6.42 Å². The smallest absolute Gasteiger partial charge is 0.218 e. The quantitative estimate of drug-likeness (QED) is 0.561. The molecule has 1 aromatic rings. The average molecular weight is 223 g/mol. The van der Waals surface area contributed by atoms with Gasteiger partial charge in [0.1, 0.15) is 12.4 Å². The minimum Gasteiger partial charge on any atom is -0.477 e. The number of ether oxygens (including phenoxy) is 2. The molecule has 0 fully saturated rings. The Kier molecular flexibility index (Phi) is 5.28. The lowest BCUT2D eigenvalue weighted by Gasteiger charge is -2.06. The Labute approximate surface area is 95.3 Å². The second-order valence-electron chi connectivity index (χ2n) is 3.11. The van der Waals surface area contributed by atoms with Crippen LogP contribution in [0.1, 0.15) is 19.2 Å². The molecule has 0 aliphatic rings. The van der Waals surface area contributed by atoms with Gasteiger partial charge in [0.15, 0.2) is 5.82 Å². The highest BCUT2D eigenvalue weighted by Gasteiger charge is 2.03. The fraction of sp³-hybridized carbons (Fsp3) is 0.455. The third kappa shape index (κ3) is 4.27. The third-order valence-electron chi connectivity index (χ3n) is 1.78. The molecule has 0 aliphatic carbocycles. The van der Waals surface area contributed by atoms with Crippen molar-refractivity contribution in [2.45, 2.75) is 20.0 Å². The normalized spacial score (nSPS) is 10.1. The first-order valence-electron chi connectivity index (χ1n) is 5.21. The van der Waals surface area contributed by atoms with E-state index in [-0.39, 0.29) is 0 Å². The highest BCUT2D eigenvalue weighted by Crippen LogP contribution is 2.11. The first kappa shape index (κ1) is 12.4. The summed E-state index contributed by atoms with van der Waals surface area (Å²) in [6, 6.07) is 1.60. The minimum atomic E-state index is 0.347. The number of nitrogens with zero attached hydrogens (tertiary/aromatic N) is 2. The van der Waals surface area contributed by atoms with Gasteiger partial charge in [0.2, 0.25) is 5.88 Å². The predicted molar refractivity (Wildman–Crippen MR) is 62.1 cm³/mol. The molecule has 0 aliphatic heterocycles. The molecule has 16 heavy (non-hydrogen) atoms. The Balaban J connectivity index is 2.61. The van der Waals surface area contributed by atoms with Crippen LogP contribution in [0.25, 0.3) is 0 Å².